The molecule has 1 atom stereocenters. The monoisotopic (exact) mass is 287 g/mol. The van der Waals surface area contributed by atoms with E-state index in [1.807, 2.05) is 11.6 Å². The van der Waals surface area contributed by atoms with Gasteiger partial charge in [0, 0.05) is 36.4 Å². The zero-order valence-corrected chi connectivity index (χ0v) is 12.6. The molecule has 1 saturated heterocycles. The first-order valence-corrected chi connectivity index (χ1v) is 8.16. The van der Waals surface area contributed by atoms with Gasteiger partial charge in [-0.15, -0.1) is 11.3 Å². The lowest BCUT2D eigenvalue weighted by molar-refractivity contribution is 0.380. The molecule has 0 bridgehead atoms. The third kappa shape index (κ3) is 3.19. The lowest BCUT2D eigenvalue weighted by Crippen LogP contribution is -2.43. The lowest BCUT2D eigenvalue weighted by atomic mass is 10.0. The average Bonchev–Trinajstić information content (AvgIpc) is 3.03. The SMILES string of the molecule is CC(NC1CCN(c2ccccc2)CC1)c1nccs1. The second kappa shape index (κ2) is 6.37. The van der Waals surface area contributed by atoms with Gasteiger partial charge in [0.25, 0.3) is 0 Å². The Bertz CT molecular complexity index is 504. The van der Waals surface area contributed by atoms with Crippen LogP contribution in [0.1, 0.15) is 30.8 Å². The molecule has 0 aliphatic carbocycles. The summed E-state index contributed by atoms with van der Waals surface area (Å²) in [5.74, 6) is 0. The predicted octanol–water partition coefficient (Wildman–Crippen LogP) is 3.46. The molecule has 1 aromatic heterocycles. The summed E-state index contributed by atoms with van der Waals surface area (Å²) in [7, 11) is 0. The van der Waals surface area contributed by atoms with Gasteiger partial charge in [0.15, 0.2) is 0 Å². The Hall–Kier alpha value is -1.39. The highest BCUT2D eigenvalue weighted by Crippen LogP contribution is 2.22. The van der Waals surface area contributed by atoms with Gasteiger partial charge in [-0.25, -0.2) is 4.98 Å². The molecule has 0 spiro atoms. The highest BCUT2D eigenvalue weighted by atomic mass is 32.1. The number of para-hydroxylation sites is 1. The van der Waals surface area contributed by atoms with Crippen LogP contribution in [0.3, 0.4) is 0 Å². The molecule has 1 aliphatic rings. The number of rotatable bonds is 4. The molecule has 0 saturated carbocycles. The van der Waals surface area contributed by atoms with E-state index < -0.39 is 0 Å². The summed E-state index contributed by atoms with van der Waals surface area (Å²) in [4.78, 5) is 6.87. The van der Waals surface area contributed by atoms with Crippen molar-refractivity contribution >= 4 is 17.0 Å². The molecule has 1 aliphatic heterocycles. The second-order valence-electron chi connectivity index (χ2n) is 5.36. The first-order chi connectivity index (χ1) is 9.83. The lowest BCUT2D eigenvalue weighted by Gasteiger charge is -2.35. The van der Waals surface area contributed by atoms with E-state index in [0.717, 1.165) is 13.1 Å². The maximum Gasteiger partial charge on any atom is 0.109 e. The molecule has 4 heteroatoms. The van der Waals surface area contributed by atoms with Gasteiger partial charge in [-0.3, -0.25) is 0 Å². The predicted molar refractivity (Wildman–Crippen MR) is 85.3 cm³/mol. The molecule has 20 heavy (non-hydrogen) atoms. The molecule has 1 aromatic carbocycles. The largest absolute Gasteiger partial charge is 0.371 e. The summed E-state index contributed by atoms with van der Waals surface area (Å²) in [6.45, 7) is 4.47. The van der Waals surface area contributed by atoms with Crippen LogP contribution >= 0.6 is 11.3 Å². The Morgan fingerprint density at radius 2 is 2.00 bits per heavy atom. The smallest absolute Gasteiger partial charge is 0.109 e. The van der Waals surface area contributed by atoms with E-state index in [1.165, 1.54) is 23.5 Å². The van der Waals surface area contributed by atoms with Gasteiger partial charge in [-0.05, 0) is 31.9 Å². The van der Waals surface area contributed by atoms with Crippen molar-refractivity contribution in [1.29, 1.82) is 0 Å². The van der Waals surface area contributed by atoms with Crippen LogP contribution < -0.4 is 10.2 Å². The van der Waals surface area contributed by atoms with Crippen LogP contribution in [0.4, 0.5) is 5.69 Å². The highest BCUT2D eigenvalue weighted by Gasteiger charge is 2.21. The van der Waals surface area contributed by atoms with Crippen molar-refractivity contribution in [2.45, 2.75) is 31.8 Å². The summed E-state index contributed by atoms with van der Waals surface area (Å²) < 4.78 is 0. The van der Waals surface area contributed by atoms with E-state index in [2.05, 4.69) is 52.5 Å². The summed E-state index contributed by atoms with van der Waals surface area (Å²) >= 11 is 1.73. The van der Waals surface area contributed by atoms with Crippen molar-refractivity contribution in [3.8, 4) is 0 Å². The molecule has 3 nitrogen and oxygen atoms in total. The van der Waals surface area contributed by atoms with Gasteiger partial charge in [0.1, 0.15) is 5.01 Å². The summed E-state index contributed by atoms with van der Waals surface area (Å²) in [6, 6.07) is 11.7. The van der Waals surface area contributed by atoms with Crippen LogP contribution in [-0.2, 0) is 0 Å². The fraction of sp³-hybridized carbons (Fsp3) is 0.438. The molecule has 2 heterocycles. The zero-order valence-electron chi connectivity index (χ0n) is 11.8. The van der Waals surface area contributed by atoms with Crippen LogP contribution in [0.15, 0.2) is 41.9 Å². The minimum atomic E-state index is 0.364. The summed E-state index contributed by atoms with van der Waals surface area (Å²) in [6.07, 6.45) is 4.28. The van der Waals surface area contributed by atoms with Crippen LogP contribution in [-0.4, -0.2) is 24.1 Å². The van der Waals surface area contributed by atoms with E-state index in [4.69, 9.17) is 0 Å². The topological polar surface area (TPSA) is 28.2 Å². The van der Waals surface area contributed by atoms with Crippen molar-refractivity contribution in [2.24, 2.45) is 0 Å². The number of hydrogen-bond donors (Lipinski definition) is 1. The van der Waals surface area contributed by atoms with Crippen molar-refractivity contribution in [3.63, 3.8) is 0 Å². The molecule has 1 unspecified atom stereocenters. The van der Waals surface area contributed by atoms with E-state index in [-0.39, 0.29) is 0 Å². The third-order valence-electron chi connectivity index (χ3n) is 3.92. The molecule has 1 fully saturated rings. The molecule has 0 amide bonds. The number of aromatic nitrogens is 1. The van der Waals surface area contributed by atoms with Gasteiger partial charge in [-0.1, -0.05) is 18.2 Å². The maximum atomic E-state index is 4.39. The fourth-order valence-corrected chi connectivity index (χ4v) is 3.47. The average molecular weight is 287 g/mol. The quantitative estimate of drug-likeness (QED) is 0.933. The first-order valence-electron chi connectivity index (χ1n) is 7.28. The van der Waals surface area contributed by atoms with Gasteiger partial charge < -0.3 is 10.2 Å². The van der Waals surface area contributed by atoms with Gasteiger partial charge in [-0.2, -0.15) is 0 Å². The van der Waals surface area contributed by atoms with Gasteiger partial charge in [0.05, 0.1) is 6.04 Å². The van der Waals surface area contributed by atoms with Crippen LogP contribution in [0.25, 0.3) is 0 Å². The molecule has 0 radical (unpaired) electrons. The molecule has 2 aromatic rings. The second-order valence-corrected chi connectivity index (χ2v) is 6.28. The molecule has 106 valence electrons. The molecular weight excluding hydrogens is 266 g/mol. The number of piperidine rings is 1. The Balaban J connectivity index is 1.51. The number of thiazole rings is 1. The van der Waals surface area contributed by atoms with Crippen LogP contribution in [0.2, 0.25) is 0 Å². The minimum Gasteiger partial charge on any atom is -0.371 e. The standard InChI is InChI=1S/C16H21N3S/c1-13(16-17-9-12-20-16)18-14-7-10-19(11-8-14)15-5-3-2-4-6-15/h2-6,9,12-14,18H,7-8,10-11H2,1H3. The minimum absolute atomic E-state index is 0.364. The van der Waals surface area contributed by atoms with Gasteiger partial charge >= 0.3 is 0 Å². The van der Waals surface area contributed by atoms with Crippen molar-refractivity contribution in [2.75, 3.05) is 18.0 Å². The molecular formula is C16H21N3S. The normalized spacial score (nSPS) is 18.1. The summed E-state index contributed by atoms with van der Waals surface area (Å²) in [5.41, 5.74) is 1.35. The number of nitrogens with zero attached hydrogens (tertiary/aromatic N) is 2. The third-order valence-corrected chi connectivity index (χ3v) is 4.88. The molecule has 3 rings (SSSR count). The summed E-state index contributed by atoms with van der Waals surface area (Å²) in [5, 5.41) is 6.95. The first kappa shape index (κ1) is 13.6. The van der Waals surface area contributed by atoms with Crippen molar-refractivity contribution < 1.29 is 0 Å². The zero-order chi connectivity index (χ0) is 13.8. The Morgan fingerprint density at radius 1 is 1.25 bits per heavy atom. The highest BCUT2D eigenvalue weighted by molar-refractivity contribution is 7.09. The van der Waals surface area contributed by atoms with Crippen molar-refractivity contribution in [3.05, 3.63) is 46.9 Å². The number of benzene rings is 1. The van der Waals surface area contributed by atoms with Crippen molar-refractivity contribution in [1.82, 2.24) is 10.3 Å². The van der Waals surface area contributed by atoms with Crippen LogP contribution in [0, 0.1) is 0 Å². The van der Waals surface area contributed by atoms with E-state index in [0.29, 0.717) is 12.1 Å². The van der Waals surface area contributed by atoms with Gasteiger partial charge in [0.2, 0.25) is 0 Å². The van der Waals surface area contributed by atoms with E-state index in [1.54, 1.807) is 11.3 Å². The number of anilines is 1. The fourth-order valence-electron chi connectivity index (χ4n) is 2.82. The van der Waals surface area contributed by atoms with E-state index >= 15 is 0 Å². The van der Waals surface area contributed by atoms with Crippen LogP contribution in [0.5, 0.6) is 0 Å². The number of nitrogens with one attached hydrogen (secondary N) is 1. The molecule has 1 N–H and O–H groups in total. The number of hydrogen-bond acceptors (Lipinski definition) is 4. The Kier molecular flexibility index (Phi) is 4.33. The van der Waals surface area contributed by atoms with E-state index in [9.17, 15) is 0 Å². The Labute approximate surface area is 124 Å². The Morgan fingerprint density at radius 3 is 2.65 bits per heavy atom. The maximum absolute atomic E-state index is 4.39.